The Morgan fingerprint density at radius 3 is 2.86 bits per heavy atom. The highest BCUT2D eigenvalue weighted by Crippen LogP contribution is 2.38. The summed E-state index contributed by atoms with van der Waals surface area (Å²) in [6.45, 7) is 6.23. The van der Waals surface area contributed by atoms with Crippen molar-refractivity contribution < 1.29 is 9.90 Å². The predicted molar refractivity (Wildman–Crippen MR) is 116 cm³/mol. The number of guanidine groups is 1. The number of nitrogens with one attached hydrogen (secondary N) is 1. The Labute approximate surface area is 174 Å². The van der Waals surface area contributed by atoms with Gasteiger partial charge in [-0.2, -0.15) is 0 Å². The number of anilines is 1. The number of likely N-dealkylation sites (tertiary alicyclic amines) is 1. The molecule has 3 unspecified atom stereocenters. The van der Waals surface area contributed by atoms with E-state index in [4.69, 9.17) is 4.99 Å². The maximum Gasteiger partial charge on any atom is 0.222 e. The van der Waals surface area contributed by atoms with Crippen molar-refractivity contribution in [2.24, 2.45) is 10.9 Å². The molecule has 4 rings (SSSR count). The van der Waals surface area contributed by atoms with Gasteiger partial charge in [-0.1, -0.05) is 24.6 Å². The molecular formula is C23H34N4O2. The molecule has 1 saturated heterocycles. The molecular weight excluding hydrogens is 364 g/mol. The van der Waals surface area contributed by atoms with Crippen LogP contribution in [-0.4, -0.2) is 60.7 Å². The molecule has 2 aliphatic heterocycles. The van der Waals surface area contributed by atoms with Crippen LogP contribution in [0.1, 0.15) is 56.9 Å². The molecule has 0 bridgehead atoms. The van der Waals surface area contributed by atoms with E-state index in [1.165, 1.54) is 11.3 Å². The van der Waals surface area contributed by atoms with Gasteiger partial charge in [-0.05, 0) is 44.2 Å². The number of fused-ring (bicyclic) bond motifs is 1. The van der Waals surface area contributed by atoms with E-state index in [-0.39, 0.29) is 12.0 Å². The number of para-hydroxylation sites is 1. The van der Waals surface area contributed by atoms with Crippen LogP contribution in [0.5, 0.6) is 0 Å². The van der Waals surface area contributed by atoms with Crippen molar-refractivity contribution in [2.75, 3.05) is 37.6 Å². The van der Waals surface area contributed by atoms with E-state index < -0.39 is 0 Å². The van der Waals surface area contributed by atoms with Gasteiger partial charge in [0.15, 0.2) is 5.96 Å². The highest BCUT2D eigenvalue weighted by atomic mass is 16.3. The van der Waals surface area contributed by atoms with Crippen molar-refractivity contribution in [1.29, 1.82) is 0 Å². The van der Waals surface area contributed by atoms with Crippen molar-refractivity contribution in [3.8, 4) is 0 Å². The van der Waals surface area contributed by atoms with Crippen LogP contribution in [-0.2, 0) is 4.79 Å². The molecule has 0 aromatic heterocycles. The molecule has 3 atom stereocenters. The molecule has 2 N–H and O–H groups in total. The molecule has 29 heavy (non-hydrogen) atoms. The zero-order valence-electron chi connectivity index (χ0n) is 17.5. The van der Waals surface area contributed by atoms with Crippen LogP contribution in [0.2, 0.25) is 0 Å². The number of carbonyl (C=O) groups excluding carboxylic acids is 1. The molecule has 2 heterocycles. The second-order valence-corrected chi connectivity index (χ2v) is 8.59. The molecule has 1 saturated carbocycles. The highest BCUT2D eigenvalue weighted by Gasteiger charge is 2.32. The zero-order valence-corrected chi connectivity index (χ0v) is 17.5. The first kappa shape index (κ1) is 20.2. The molecule has 1 amide bonds. The maximum absolute atomic E-state index is 12.0. The normalized spacial score (nSPS) is 27.0. The van der Waals surface area contributed by atoms with Gasteiger partial charge in [-0.25, -0.2) is 0 Å². The molecule has 1 aromatic carbocycles. The minimum absolute atomic E-state index is 0.210. The van der Waals surface area contributed by atoms with Gasteiger partial charge in [0.2, 0.25) is 5.91 Å². The number of hydrogen-bond acceptors (Lipinski definition) is 3. The lowest BCUT2D eigenvalue weighted by Crippen LogP contribution is -2.41. The number of carbonyl (C=O) groups is 1. The van der Waals surface area contributed by atoms with Crippen LogP contribution in [0.4, 0.5) is 5.69 Å². The largest absolute Gasteiger partial charge is 0.393 e. The average molecular weight is 399 g/mol. The minimum Gasteiger partial charge on any atom is -0.393 e. The van der Waals surface area contributed by atoms with Gasteiger partial charge >= 0.3 is 0 Å². The number of aliphatic imine (C=N–C) groups is 1. The summed E-state index contributed by atoms with van der Waals surface area (Å²) in [6.07, 6.45) is 5.54. The van der Waals surface area contributed by atoms with E-state index in [0.29, 0.717) is 24.8 Å². The SMILES string of the molecule is CCNC(=NCC1CCCC1O)N1CC(CCN2CCCC2=O)c2ccccc21. The molecule has 2 fully saturated rings. The summed E-state index contributed by atoms with van der Waals surface area (Å²) in [6, 6.07) is 8.58. The van der Waals surface area contributed by atoms with E-state index in [0.717, 1.165) is 64.2 Å². The fourth-order valence-corrected chi connectivity index (χ4v) is 5.02. The monoisotopic (exact) mass is 398 g/mol. The fourth-order valence-electron chi connectivity index (χ4n) is 5.02. The second kappa shape index (κ2) is 9.16. The van der Waals surface area contributed by atoms with Crippen molar-refractivity contribution in [3.05, 3.63) is 29.8 Å². The van der Waals surface area contributed by atoms with Gasteiger partial charge in [-0.15, -0.1) is 0 Å². The van der Waals surface area contributed by atoms with Gasteiger partial charge in [0.05, 0.1) is 6.10 Å². The van der Waals surface area contributed by atoms with E-state index in [2.05, 4.69) is 41.4 Å². The van der Waals surface area contributed by atoms with E-state index in [9.17, 15) is 9.90 Å². The Morgan fingerprint density at radius 1 is 1.28 bits per heavy atom. The summed E-state index contributed by atoms with van der Waals surface area (Å²) in [7, 11) is 0. The standard InChI is InChI=1S/C23H34N4O2/c1-2-24-23(25-15-17-7-5-10-21(17)28)27-16-18(19-8-3-4-9-20(19)27)12-14-26-13-6-11-22(26)29/h3-4,8-9,17-18,21,28H,2,5-7,10-16H2,1H3,(H,24,25). The first-order chi connectivity index (χ1) is 14.2. The number of benzene rings is 1. The number of hydrogen-bond donors (Lipinski definition) is 2. The molecule has 1 aliphatic carbocycles. The van der Waals surface area contributed by atoms with E-state index in [1.54, 1.807) is 0 Å². The second-order valence-electron chi connectivity index (χ2n) is 8.59. The summed E-state index contributed by atoms with van der Waals surface area (Å²) >= 11 is 0. The minimum atomic E-state index is -0.210. The summed E-state index contributed by atoms with van der Waals surface area (Å²) in [5.41, 5.74) is 2.57. The van der Waals surface area contributed by atoms with Crippen LogP contribution < -0.4 is 10.2 Å². The predicted octanol–water partition coefficient (Wildman–Crippen LogP) is 2.73. The third kappa shape index (κ3) is 4.42. The lowest BCUT2D eigenvalue weighted by atomic mass is 9.98. The third-order valence-electron chi connectivity index (χ3n) is 6.67. The van der Waals surface area contributed by atoms with Crippen LogP contribution in [0.3, 0.4) is 0 Å². The van der Waals surface area contributed by atoms with Gasteiger partial charge in [0.25, 0.3) is 0 Å². The molecule has 1 aromatic rings. The average Bonchev–Trinajstić information content (AvgIpc) is 3.43. The van der Waals surface area contributed by atoms with E-state index in [1.807, 2.05) is 4.90 Å². The summed E-state index contributed by atoms with van der Waals surface area (Å²) in [4.78, 5) is 21.2. The summed E-state index contributed by atoms with van der Waals surface area (Å²) in [5, 5.41) is 13.6. The molecule has 0 radical (unpaired) electrons. The van der Waals surface area contributed by atoms with Gasteiger partial charge in [0, 0.05) is 56.7 Å². The first-order valence-corrected chi connectivity index (χ1v) is 11.3. The van der Waals surface area contributed by atoms with Crippen molar-refractivity contribution >= 4 is 17.6 Å². The third-order valence-corrected chi connectivity index (χ3v) is 6.67. The maximum atomic E-state index is 12.0. The summed E-state index contributed by atoms with van der Waals surface area (Å²) in [5.74, 6) is 1.90. The number of aliphatic hydroxyl groups excluding tert-OH is 1. The smallest absolute Gasteiger partial charge is 0.222 e. The topological polar surface area (TPSA) is 68.2 Å². The Hall–Kier alpha value is -2.08. The number of amides is 1. The molecule has 6 nitrogen and oxygen atoms in total. The summed E-state index contributed by atoms with van der Waals surface area (Å²) < 4.78 is 0. The molecule has 0 spiro atoms. The Bertz CT molecular complexity index is 750. The Balaban J connectivity index is 1.48. The lowest BCUT2D eigenvalue weighted by Gasteiger charge is -2.24. The lowest BCUT2D eigenvalue weighted by molar-refractivity contribution is -0.127. The highest BCUT2D eigenvalue weighted by molar-refractivity contribution is 5.98. The quantitative estimate of drug-likeness (QED) is 0.571. The number of nitrogens with zero attached hydrogens (tertiary/aromatic N) is 3. The van der Waals surface area contributed by atoms with Crippen molar-refractivity contribution in [1.82, 2.24) is 10.2 Å². The number of rotatable bonds is 6. The van der Waals surface area contributed by atoms with Gasteiger partial charge in [-0.3, -0.25) is 9.79 Å². The molecule has 6 heteroatoms. The zero-order chi connectivity index (χ0) is 20.2. The Morgan fingerprint density at radius 2 is 2.14 bits per heavy atom. The van der Waals surface area contributed by atoms with Crippen molar-refractivity contribution in [2.45, 2.75) is 57.5 Å². The Kier molecular flexibility index (Phi) is 6.38. The van der Waals surface area contributed by atoms with E-state index >= 15 is 0 Å². The fraction of sp³-hybridized carbons (Fsp3) is 0.652. The van der Waals surface area contributed by atoms with Gasteiger partial charge in [0.1, 0.15) is 0 Å². The first-order valence-electron chi connectivity index (χ1n) is 11.3. The molecule has 3 aliphatic rings. The van der Waals surface area contributed by atoms with Gasteiger partial charge < -0.3 is 20.2 Å². The van der Waals surface area contributed by atoms with Crippen LogP contribution in [0.15, 0.2) is 29.3 Å². The van der Waals surface area contributed by atoms with Crippen molar-refractivity contribution in [3.63, 3.8) is 0 Å². The molecule has 158 valence electrons. The van der Waals surface area contributed by atoms with Crippen LogP contribution >= 0.6 is 0 Å². The number of aliphatic hydroxyl groups is 1. The van der Waals surface area contributed by atoms with Crippen LogP contribution in [0.25, 0.3) is 0 Å². The van der Waals surface area contributed by atoms with Crippen LogP contribution in [0, 0.1) is 5.92 Å².